The number of benzene rings is 1. The van der Waals surface area contributed by atoms with Crippen molar-refractivity contribution in [3.8, 4) is 0 Å². The lowest BCUT2D eigenvalue weighted by molar-refractivity contribution is -0.135. The number of hydrogen-bond acceptors (Lipinski definition) is 4. The van der Waals surface area contributed by atoms with Crippen LogP contribution in [-0.4, -0.2) is 29.0 Å². The van der Waals surface area contributed by atoms with Crippen LogP contribution in [0, 0.1) is 0 Å². The van der Waals surface area contributed by atoms with E-state index in [9.17, 15) is 14.7 Å². The smallest absolute Gasteiger partial charge is 0.251 e. The zero-order valence-corrected chi connectivity index (χ0v) is 13.2. The Morgan fingerprint density at radius 1 is 1.40 bits per heavy atom. The minimum atomic E-state index is -0.817. The third-order valence-corrected chi connectivity index (χ3v) is 4.17. The number of aliphatic hydroxyl groups excluding tert-OH is 1. The fourth-order valence-electron chi connectivity index (χ4n) is 2.17. The second-order valence-electron chi connectivity index (χ2n) is 5.41. The quantitative estimate of drug-likeness (QED) is 0.804. The summed E-state index contributed by atoms with van der Waals surface area (Å²) < 4.78 is 0.742. The van der Waals surface area contributed by atoms with E-state index in [0.29, 0.717) is 0 Å². The van der Waals surface area contributed by atoms with Crippen molar-refractivity contribution >= 4 is 33.4 Å². The Morgan fingerprint density at radius 2 is 2.05 bits per heavy atom. The maximum atomic E-state index is 12.0. The summed E-state index contributed by atoms with van der Waals surface area (Å²) in [5, 5.41) is 11.9. The third kappa shape index (κ3) is 2.58. The highest BCUT2D eigenvalue weighted by Crippen LogP contribution is 2.34. The van der Waals surface area contributed by atoms with Crippen LogP contribution in [0.25, 0.3) is 0 Å². The number of halogens is 1. The van der Waals surface area contributed by atoms with Crippen molar-refractivity contribution < 1.29 is 14.7 Å². The fraction of sp³-hybridized carbons (Fsp3) is 0.429. The molecule has 0 aromatic heterocycles. The largest absolute Gasteiger partial charge is 0.389 e. The summed E-state index contributed by atoms with van der Waals surface area (Å²) in [5.41, 5.74) is 0.705. The second kappa shape index (κ2) is 5.18. The first-order chi connectivity index (χ1) is 9.23. The van der Waals surface area contributed by atoms with Gasteiger partial charge in [0.2, 0.25) is 5.91 Å². The number of piperazine rings is 1. The van der Waals surface area contributed by atoms with Gasteiger partial charge in [0, 0.05) is 4.47 Å². The van der Waals surface area contributed by atoms with Gasteiger partial charge in [-0.2, -0.15) is 0 Å². The molecule has 1 fully saturated rings. The van der Waals surface area contributed by atoms with E-state index in [1.54, 1.807) is 43.9 Å². The van der Waals surface area contributed by atoms with Gasteiger partial charge in [-0.05, 0) is 54.4 Å². The molecule has 1 heterocycles. The van der Waals surface area contributed by atoms with Crippen LogP contribution in [-0.2, 0) is 9.59 Å². The molecule has 1 atom stereocenters. The molecular weight excluding hydrogens is 324 g/mol. The molecule has 20 heavy (non-hydrogen) atoms. The normalized spacial score (nSPS) is 19.8. The summed E-state index contributed by atoms with van der Waals surface area (Å²) in [4.78, 5) is 25.3. The zero-order valence-electron chi connectivity index (χ0n) is 11.6. The van der Waals surface area contributed by atoms with Crippen LogP contribution in [0.3, 0.4) is 0 Å². The van der Waals surface area contributed by atoms with Crippen LogP contribution in [0.1, 0.15) is 32.4 Å². The lowest BCUT2D eigenvalue weighted by Gasteiger charge is -2.42. The summed E-state index contributed by atoms with van der Waals surface area (Å²) in [5.74, 6) is -0.638. The van der Waals surface area contributed by atoms with E-state index in [1.807, 2.05) is 0 Å². The predicted molar refractivity (Wildman–Crippen MR) is 79.4 cm³/mol. The number of nitrogens with one attached hydrogen (secondary N) is 1. The molecule has 5 nitrogen and oxygen atoms in total. The Bertz CT molecular complexity index is 570. The summed E-state index contributed by atoms with van der Waals surface area (Å²) in [7, 11) is 0. The molecule has 2 amide bonds. The fourth-order valence-corrected chi connectivity index (χ4v) is 2.78. The highest BCUT2D eigenvalue weighted by atomic mass is 79.9. The van der Waals surface area contributed by atoms with E-state index in [4.69, 9.17) is 0 Å². The van der Waals surface area contributed by atoms with Crippen LogP contribution >= 0.6 is 15.9 Å². The first kappa shape index (κ1) is 15.0. The molecular formula is C14H17BrN2O3. The van der Waals surface area contributed by atoms with Crippen LogP contribution in [0.5, 0.6) is 0 Å². The van der Waals surface area contributed by atoms with Gasteiger partial charge in [0.15, 0.2) is 0 Å². The molecule has 0 aliphatic carbocycles. The van der Waals surface area contributed by atoms with Gasteiger partial charge in [-0.1, -0.05) is 6.07 Å². The van der Waals surface area contributed by atoms with Gasteiger partial charge in [0.05, 0.1) is 18.3 Å². The molecule has 0 spiro atoms. The first-order valence-electron chi connectivity index (χ1n) is 6.33. The van der Waals surface area contributed by atoms with E-state index >= 15 is 0 Å². The van der Waals surface area contributed by atoms with E-state index in [1.165, 1.54) is 0 Å². The number of nitrogens with zero attached hydrogens (tertiary/aromatic N) is 1. The molecule has 2 rings (SSSR count). The Labute approximate surface area is 126 Å². The maximum absolute atomic E-state index is 12.0. The summed E-state index contributed by atoms with van der Waals surface area (Å²) in [6.07, 6.45) is -0.570. The Morgan fingerprint density at radius 3 is 2.60 bits per heavy atom. The topological polar surface area (TPSA) is 69.6 Å². The number of carbonyl (C=O) groups excluding carboxylic acids is 2. The molecule has 1 aliphatic rings. The number of anilines is 1. The molecule has 0 saturated carbocycles. The van der Waals surface area contributed by atoms with Crippen molar-refractivity contribution in [3.63, 3.8) is 0 Å². The number of hydrogen-bond donors (Lipinski definition) is 2. The van der Waals surface area contributed by atoms with Crippen molar-refractivity contribution in [2.75, 3.05) is 11.4 Å². The van der Waals surface area contributed by atoms with E-state index < -0.39 is 11.6 Å². The predicted octanol–water partition coefficient (Wildman–Crippen LogP) is 1.74. The molecule has 1 unspecified atom stereocenters. The van der Waals surface area contributed by atoms with Gasteiger partial charge < -0.3 is 10.0 Å². The Balaban J connectivity index is 2.44. The number of amides is 2. The van der Waals surface area contributed by atoms with Gasteiger partial charge >= 0.3 is 0 Å². The van der Waals surface area contributed by atoms with E-state index in [0.717, 1.165) is 15.7 Å². The molecule has 1 saturated heterocycles. The van der Waals surface area contributed by atoms with Crippen LogP contribution in [0.4, 0.5) is 5.69 Å². The van der Waals surface area contributed by atoms with Crippen LogP contribution < -0.4 is 10.2 Å². The monoisotopic (exact) mass is 340 g/mol. The van der Waals surface area contributed by atoms with Gasteiger partial charge in [-0.25, -0.2) is 0 Å². The molecule has 0 radical (unpaired) electrons. The lowest BCUT2D eigenvalue weighted by Crippen LogP contribution is -2.64. The molecule has 6 heteroatoms. The number of carbonyl (C=O) groups is 2. The standard InChI is InChI=1S/C14H17BrN2O3/c1-8(18)9-4-5-11(10(15)6-9)17-7-12(19)16-13(20)14(17,2)3/h4-6,8,18H,7H2,1-3H3,(H,16,19,20). The highest BCUT2D eigenvalue weighted by Gasteiger charge is 2.41. The van der Waals surface area contributed by atoms with Crippen LogP contribution in [0.15, 0.2) is 22.7 Å². The van der Waals surface area contributed by atoms with Crippen molar-refractivity contribution in [2.24, 2.45) is 0 Å². The minimum absolute atomic E-state index is 0.116. The minimum Gasteiger partial charge on any atom is -0.389 e. The van der Waals surface area contributed by atoms with E-state index in [-0.39, 0.29) is 18.4 Å². The van der Waals surface area contributed by atoms with Gasteiger partial charge in [0.1, 0.15) is 5.54 Å². The molecule has 0 bridgehead atoms. The summed E-state index contributed by atoms with van der Waals surface area (Å²) in [6, 6.07) is 5.39. The average Bonchev–Trinajstić information content (AvgIpc) is 2.34. The third-order valence-electron chi connectivity index (χ3n) is 3.53. The average molecular weight is 341 g/mol. The maximum Gasteiger partial charge on any atom is 0.251 e. The number of rotatable bonds is 2. The van der Waals surface area contributed by atoms with Gasteiger partial charge in [-0.3, -0.25) is 14.9 Å². The molecule has 1 aromatic carbocycles. The zero-order chi connectivity index (χ0) is 15.1. The van der Waals surface area contributed by atoms with Gasteiger partial charge in [-0.15, -0.1) is 0 Å². The molecule has 2 N–H and O–H groups in total. The van der Waals surface area contributed by atoms with E-state index in [2.05, 4.69) is 21.2 Å². The van der Waals surface area contributed by atoms with Crippen molar-refractivity contribution in [1.82, 2.24) is 5.32 Å². The molecule has 1 aromatic rings. The molecule has 108 valence electrons. The first-order valence-corrected chi connectivity index (χ1v) is 7.12. The van der Waals surface area contributed by atoms with Crippen molar-refractivity contribution in [1.29, 1.82) is 0 Å². The summed E-state index contributed by atoms with van der Waals surface area (Å²) >= 11 is 3.45. The number of aliphatic hydroxyl groups is 1. The Hall–Kier alpha value is -1.40. The SMILES string of the molecule is CC(O)c1ccc(N2CC(=O)NC(=O)C2(C)C)c(Br)c1. The highest BCUT2D eigenvalue weighted by molar-refractivity contribution is 9.10. The molecule has 1 aliphatic heterocycles. The lowest BCUT2D eigenvalue weighted by atomic mass is 9.97. The van der Waals surface area contributed by atoms with Crippen molar-refractivity contribution in [3.05, 3.63) is 28.2 Å². The second-order valence-corrected chi connectivity index (χ2v) is 6.26. The van der Waals surface area contributed by atoms with Crippen molar-refractivity contribution in [2.45, 2.75) is 32.4 Å². The summed E-state index contributed by atoms with van der Waals surface area (Å²) in [6.45, 7) is 5.34. The van der Waals surface area contributed by atoms with Gasteiger partial charge in [0.25, 0.3) is 5.91 Å². The number of imide groups is 1. The Kier molecular flexibility index (Phi) is 3.88. The van der Waals surface area contributed by atoms with Crippen LogP contribution in [0.2, 0.25) is 0 Å².